The number of hydrogen-bond donors (Lipinski definition) is 0. The van der Waals surface area contributed by atoms with Gasteiger partial charge >= 0.3 is 5.97 Å². The second-order valence-corrected chi connectivity index (χ2v) is 4.85. The number of hydrogen-bond acceptors (Lipinski definition) is 5. The molecule has 1 fully saturated rings. The molecule has 0 aromatic heterocycles. The lowest BCUT2D eigenvalue weighted by atomic mass is 10.1. The van der Waals surface area contributed by atoms with Crippen molar-refractivity contribution in [2.45, 2.75) is 12.8 Å². The number of Topliss-reactive ketones (excluding diaryl/α,β-unsaturated/α-hetero) is 1. The fourth-order valence-electron chi connectivity index (χ4n) is 2.04. The topological polar surface area (TPSA) is 72.9 Å². The number of nitrogens with zero attached hydrogens (tertiary/aromatic N) is 1. The Morgan fingerprint density at radius 2 is 2.05 bits per heavy atom. The number of amides is 1. The van der Waals surface area contributed by atoms with E-state index in [0.29, 0.717) is 23.4 Å². The number of anilines is 1. The number of ketones is 1. The Morgan fingerprint density at radius 3 is 2.57 bits per heavy atom. The first-order valence-electron chi connectivity index (χ1n) is 6.61. The number of benzene rings is 1. The summed E-state index contributed by atoms with van der Waals surface area (Å²) in [6, 6.07) is 4.60. The standard InChI is InChI=1S/C15H17NO5/c1-20-14-6-5-11(15(19)21-2)7-12(14)16(9-17)8-13(18)10-3-4-10/h5-7,9-10H,3-4,8H2,1-2H3. The SMILES string of the molecule is COC(=O)c1ccc(OC)c(N(C=O)CC(=O)C2CC2)c1. The van der Waals surface area contributed by atoms with E-state index in [0.717, 1.165) is 12.8 Å². The molecule has 0 bridgehead atoms. The number of rotatable bonds is 7. The highest BCUT2D eigenvalue weighted by Crippen LogP contribution is 2.32. The summed E-state index contributed by atoms with van der Waals surface area (Å²) in [6.45, 7) is -0.0187. The summed E-state index contributed by atoms with van der Waals surface area (Å²) in [5.41, 5.74) is 0.670. The van der Waals surface area contributed by atoms with Gasteiger partial charge in [-0.25, -0.2) is 4.79 Å². The van der Waals surface area contributed by atoms with E-state index in [1.807, 2.05) is 0 Å². The van der Waals surface area contributed by atoms with Crippen molar-refractivity contribution in [3.63, 3.8) is 0 Å². The summed E-state index contributed by atoms with van der Waals surface area (Å²) < 4.78 is 9.84. The van der Waals surface area contributed by atoms with E-state index in [4.69, 9.17) is 4.74 Å². The van der Waals surface area contributed by atoms with E-state index in [1.54, 1.807) is 12.1 Å². The molecule has 0 aliphatic heterocycles. The molecule has 2 rings (SSSR count). The third kappa shape index (κ3) is 3.39. The third-order valence-corrected chi connectivity index (χ3v) is 3.40. The lowest BCUT2D eigenvalue weighted by molar-refractivity contribution is -0.120. The van der Waals surface area contributed by atoms with Crippen molar-refractivity contribution < 1.29 is 23.9 Å². The zero-order chi connectivity index (χ0) is 15.4. The first-order chi connectivity index (χ1) is 10.1. The predicted molar refractivity (Wildman–Crippen MR) is 75.5 cm³/mol. The summed E-state index contributed by atoms with van der Waals surface area (Å²) in [6.07, 6.45) is 2.33. The molecule has 0 N–H and O–H groups in total. The second kappa shape index (κ2) is 6.39. The molecule has 0 saturated heterocycles. The molecular formula is C15H17NO5. The van der Waals surface area contributed by atoms with Gasteiger partial charge in [0.05, 0.1) is 32.0 Å². The number of methoxy groups -OCH3 is 2. The van der Waals surface area contributed by atoms with Gasteiger partial charge in [-0.15, -0.1) is 0 Å². The Hall–Kier alpha value is -2.37. The zero-order valence-corrected chi connectivity index (χ0v) is 12.0. The molecule has 6 heteroatoms. The minimum absolute atomic E-state index is 0.0187. The van der Waals surface area contributed by atoms with E-state index in [-0.39, 0.29) is 18.2 Å². The molecule has 0 unspecified atom stereocenters. The summed E-state index contributed by atoms with van der Waals surface area (Å²) in [4.78, 5) is 36.0. The summed E-state index contributed by atoms with van der Waals surface area (Å²) in [7, 11) is 2.74. The Bertz CT molecular complexity index is 565. The average Bonchev–Trinajstić information content (AvgIpc) is 3.35. The molecule has 0 heterocycles. The monoisotopic (exact) mass is 291 g/mol. The van der Waals surface area contributed by atoms with Gasteiger partial charge in [-0.2, -0.15) is 0 Å². The van der Waals surface area contributed by atoms with Crippen molar-refractivity contribution in [2.24, 2.45) is 5.92 Å². The van der Waals surface area contributed by atoms with Crippen LogP contribution in [0.1, 0.15) is 23.2 Å². The van der Waals surface area contributed by atoms with E-state index < -0.39 is 5.97 Å². The van der Waals surface area contributed by atoms with Crippen molar-refractivity contribution >= 4 is 23.9 Å². The quantitative estimate of drug-likeness (QED) is 0.561. The van der Waals surface area contributed by atoms with Gasteiger partial charge in [0.15, 0.2) is 5.78 Å². The maximum atomic E-state index is 11.9. The number of carbonyl (C=O) groups excluding carboxylic acids is 3. The highest BCUT2D eigenvalue weighted by atomic mass is 16.5. The van der Waals surface area contributed by atoms with Crippen molar-refractivity contribution in [1.29, 1.82) is 0 Å². The molecule has 0 spiro atoms. The van der Waals surface area contributed by atoms with Crippen molar-refractivity contribution in [3.8, 4) is 5.75 Å². The molecule has 112 valence electrons. The minimum Gasteiger partial charge on any atom is -0.495 e. The van der Waals surface area contributed by atoms with E-state index >= 15 is 0 Å². The Morgan fingerprint density at radius 1 is 1.33 bits per heavy atom. The minimum atomic E-state index is -0.515. The number of ether oxygens (including phenoxy) is 2. The second-order valence-electron chi connectivity index (χ2n) is 4.85. The zero-order valence-electron chi connectivity index (χ0n) is 12.0. The van der Waals surface area contributed by atoms with Gasteiger partial charge in [0.2, 0.25) is 6.41 Å². The first-order valence-corrected chi connectivity index (χ1v) is 6.61. The van der Waals surface area contributed by atoms with E-state index in [1.165, 1.54) is 25.2 Å². The lowest BCUT2D eigenvalue weighted by Crippen LogP contribution is -2.29. The van der Waals surface area contributed by atoms with Crippen LogP contribution in [-0.2, 0) is 14.3 Å². The van der Waals surface area contributed by atoms with Crippen LogP contribution < -0.4 is 9.64 Å². The van der Waals surface area contributed by atoms with Crippen LogP contribution in [0, 0.1) is 5.92 Å². The lowest BCUT2D eigenvalue weighted by Gasteiger charge is -2.20. The third-order valence-electron chi connectivity index (χ3n) is 3.40. The van der Waals surface area contributed by atoms with Gasteiger partial charge in [-0.05, 0) is 31.0 Å². The van der Waals surface area contributed by atoms with E-state index in [2.05, 4.69) is 4.74 Å². The van der Waals surface area contributed by atoms with Crippen LogP contribution in [-0.4, -0.2) is 38.9 Å². The van der Waals surface area contributed by atoms with Crippen LogP contribution in [0.3, 0.4) is 0 Å². The van der Waals surface area contributed by atoms with E-state index in [9.17, 15) is 14.4 Å². The first kappa shape index (κ1) is 15.0. The van der Waals surface area contributed by atoms with Crippen molar-refractivity contribution in [3.05, 3.63) is 23.8 Å². The fourth-order valence-corrected chi connectivity index (χ4v) is 2.04. The largest absolute Gasteiger partial charge is 0.495 e. The fraction of sp³-hybridized carbons (Fsp3) is 0.400. The van der Waals surface area contributed by atoms with Crippen LogP contribution in [0.25, 0.3) is 0 Å². The molecule has 0 radical (unpaired) electrons. The van der Waals surface area contributed by atoms with Gasteiger partial charge in [0.1, 0.15) is 5.75 Å². The van der Waals surface area contributed by atoms with Crippen molar-refractivity contribution in [1.82, 2.24) is 0 Å². The van der Waals surface area contributed by atoms with Gasteiger partial charge in [-0.1, -0.05) is 0 Å². The van der Waals surface area contributed by atoms with Crippen LogP contribution in [0.4, 0.5) is 5.69 Å². The van der Waals surface area contributed by atoms with Gasteiger partial charge in [-0.3, -0.25) is 9.59 Å². The van der Waals surface area contributed by atoms with Crippen LogP contribution >= 0.6 is 0 Å². The highest BCUT2D eigenvalue weighted by molar-refractivity contribution is 5.96. The smallest absolute Gasteiger partial charge is 0.337 e. The predicted octanol–water partition coefficient (Wildman–Crippen LogP) is 1.42. The van der Waals surface area contributed by atoms with Gasteiger partial charge in [0, 0.05) is 5.92 Å². The maximum Gasteiger partial charge on any atom is 0.337 e. The molecule has 1 aromatic rings. The Labute approximate surface area is 122 Å². The van der Waals surface area contributed by atoms with Gasteiger partial charge in [0.25, 0.3) is 0 Å². The molecule has 1 saturated carbocycles. The molecule has 1 aliphatic rings. The normalized spacial score (nSPS) is 13.4. The highest BCUT2D eigenvalue weighted by Gasteiger charge is 2.31. The Balaban J connectivity index is 2.30. The van der Waals surface area contributed by atoms with Crippen LogP contribution in [0.5, 0.6) is 5.75 Å². The number of carbonyl (C=O) groups is 3. The molecule has 0 atom stereocenters. The molecular weight excluding hydrogens is 274 g/mol. The summed E-state index contributed by atoms with van der Waals surface area (Å²) >= 11 is 0. The average molecular weight is 291 g/mol. The maximum absolute atomic E-state index is 11.9. The molecule has 21 heavy (non-hydrogen) atoms. The van der Waals surface area contributed by atoms with Crippen molar-refractivity contribution in [2.75, 3.05) is 25.7 Å². The molecule has 1 aliphatic carbocycles. The van der Waals surface area contributed by atoms with Crippen LogP contribution in [0.15, 0.2) is 18.2 Å². The summed E-state index contributed by atoms with van der Waals surface area (Å²) in [5, 5.41) is 0. The summed E-state index contributed by atoms with van der Waals surface area (Å²) in [5.74, 6) is -0.0218. The van der Waals surface area contributed by atoms with Crippen LogP contribution in [0.2, 0.25) is 0 Å². The molecule has 1 aromatic carbocycles. The Kier molecular flexibility index (Phi) is 4.57. The number of esters is 1. The molecule has 1 amide bonds. The van der Waals surface area contributed by atoms with Gasteiger partial charge < -0.3 is 14.4 Å². The molecule has 6 nitrogen and oxygen atoms in total.